The van der Waals surface area contributed by atoms with E-state index in [0.717, 1.165) is 17.7 Å². The number of nitrogens with zero attached hydrogens (tertiary/aromatic N) is 3. The van der Waals surface area contributed by atoms with Crippen molar-refractivity contribution in [1.82, 2.24) is 9.80 Å². The lowest BCUT2D eigenvalue weighted by atomic mass is 10.1. The molecule has 2 aliphatic rings. The molecule has 3 aromatic carbocycles. The lowest BCUT2D eigenvalue weighted by molar-refractivity contribution is -0.137. The van der Waals surface area contributed by atoms with E-state index in [1.165, 1.54) is 6.07 Å². The van der Waals surface area contributed by atoms with Gasteiger partial charge in [0.15, 0.2) is 5.75 Å². The third-order valence-electron chi connectivity index (χ3n) is 6.31. The molecule has 35 heavy (non-hydrogen) atoms. The van der Waals surface area contributed by atoms with Crippen molar-refractivity contribution in [2.45, 2.75) is 25.6 Å². The van der Waals surface area contributed by atoms with Crippen LogP contribution >= 0.6 is 0 Å². The highest BCUT2D eigenvalue weighted by Gasteiger charge is 2.34. The number of amides is 1. The molecule has 0 aromatic heterocycles. The molecule has 1 unspecified atom stereocenters. The van der Waals surface area contributed by atoms with Crippen molar-refractivity contribution >= 4 is 17.4 Å². The van der Waals surface area contributed by atoms with Crippen LogP contribution in [0.5, 0.6) is 11.5 Å². The third-order valence-corrected chi connectivity index (χ3v) is 6.31. The van der Waals surface area contributed by atoms with Crippen LogP contribution in [0.2, 0.25) is 0 Å². The van der Waals surface area contributed by atoms with Crippen LogP contribution < -0.4 is 4.74 Å². The van der Waals surface area contributed by atoms with Crippen LogP contribution in [0.4, 0.5) is 18.9 Å². The van der Waals surface area contributed by atoms with E-state index >= 15 is 0 Å². The van der Waals surface area contributed by atoms with Gasteiger partial charge >= 0.3 is 6.18 Å². The van der Waals surface area contributed by atoms with E-state index in [9.17, 15) is 18.0 Å². The molecule has 5 rings (SSSR count). The van der Waals surface area contributed by atoms with Crippen LogP contribution in [0.25, 0.3) is 0 Å². The minimum atomic E-state index is -4.48. The van der Waals surface area contributed by atoms with Crippen molar-refractivity contribution in [3.63, 3.8) is 0 Å². The van der Waals surface area contributed by atoms with Crippen molar-refractivity contribution in [3.05, 3.63) is 89.5 Å². The Morgan fingerprint density at radius 1 is 1.00 bits per heavy atom. The Balaban J connectivity index is 1.42. The van der Waals surface area contributed by atoms with Crippen molar-refractivity contribution in [1.29, 1.82) is 0 Å². The number of carbonyl (C=O) groups is 1. The van der Waals surface area contributed by atoms with Crippen LogP contribution in [0.1, 0.15) is 23.6 Å². The maximum atomic E-state index is 13.3. The predicted molar refractivity (Wildman–Crippen MR) is 127 cm³/mol. The molecule has 1 saturated heterocycles. The first kappa shape index (κ1) is 23.0. The molecule has 0 N–H and O–H groups in total. The minimum absolute atomic E-state index is 0.0620. The number of rotatable bonds is 2. The van der Waals surface area contributed by atoms with Gasteiger partial charge < -0.3 is 14.5 Å². The first-order valence-corrected chi connectivity index (χ1v) is 11.4. The minimum Gasteiger partial charge on any atom is -0.454 e. The quantitative estimate of drug-likeness (QED) is 0.476. The smallest absolute Gasteiger partial charge is 0.416 e. The fourth-order valence-corrected chi connectivity index (χ4v) is 4.53. The normalized spacial score (nSPS) is 17.6. The highest BCUT2D eigenvalue weighted by molar-refractivity contribution is 6.04. The summed E-state index contributed by atoms with van der Waals surface area (Å²) in [6.07, 6.45) is -4.13. The second-order valence-corrected chi connectivity index (χ2v) is 8.76. The third kappa shape index (κ3) is 4.73. The van der Waals surface area contributed by atoms with E-state index in [1.807, 2.05) is 54.3 Å². The maximum Gasteiger partial charge on any atom is 0.416 e. The highest BCUT2D eigenvalue weighted by Crippen LogP contribution is 2.42. The number of carbonyl (C=O) groups excluding carboxylic acids is 1. The van der Waals surface area contributed by atoms with Crippen LogP contribution in [-0.2, 0) is 17.4 Å². The molecule has 8 heteroatoms. The zero-order valence-corrected chi connectivity index (χ0v) is 19.1. The molecular formula is C27H24F3N3O2. The first-order valence-electron chi connectivity index (χ1n) is 11.4. The van der Waals surface area contributed by atoms with Gasteiger partial charge in [0.05, 0.1) is 17.5 Å². The average Bonchev–Trinajstić information content (AvgIpc) is 3.00. The van der Waals surface area contributed by atoms with E-state index in [1.54, 1.807) is 12.1 Å². The SMILES string of the molecule is CC1CN(C2=Nc3ccc(C(F)(F)F)cc3Oc3ccccc32)CCN1C(=O)Cc1ccccc1. The highest BCUT2D eigenvalue weighted by atomic mass is 19.4. The number of hydrogen-bond donors (Lipinski definition) is 0. The maximum absolute atomic E-state index is 13.3. The zero-order valence-electron chi connectivity index (χ0n) is 19.1. The summed E-state index contributed by atoms with van der Waals surface area (Å²) in [6, 6.07) is 20.1. The van der Waals surface area contributed by atoms with E-state index in [0.29, 0.717) is 48.9 Å². The second-order valence-electron chi connectivity index (χ2n) is 8.76. The topological polar surface area (TPSA) is 45.1 Å². The van der Waals surface area contributed by atoms with E-state index in [-0.39, 0.29) is 17.7 Å². The molecule has 2 aliphatic heterocycles. The lowest BCUT2D eigenvalue weighted by Gasteiger charge is -2.41. The summed E-state index contributed by atoms with van der Waals surface area (Å²) in [6.45, 7) is 3.62. The predicted octanol–water partition coefficient (Wildman–Crippen LogP) is 5.66. The number of benzene rings is 3. The van der Waals surface area contributed by atoms with Gasteiger partial charge in [-0.25, -0.2) is 4.99 Å². The number of para-hydroxylation sites is 1. The molecule has 0 bridgehead atoms. The Morgan fingerprint density at radius 2 is 1.74 bits per heavy atom. The Hall–Kier alpha value is -3.81. The van der Waals surface area contributed by atoms with Crippen molar-refractivity contribution < 1.29 is 22.7 Å². The zero-order chi connectivity index (χ0) is 24.6. The fourth-order valence-electron chi connectivity index (χ4n) is 4.53. The lowest BCUT2D eigenvalue weighted by Crippen LogP contribution is -2.55. The summed E-state index contributed by atoms with van der Waals surface area (Å²) in [7, 11) is 0. The number of ether oxygens (including phenoxy) is 1. The van der Waals surface area contributed by atoms with Crippen LogP contribution in [-0.4, -0.2) is 47.2 Å². The van der Waals surface area contributed by atoms with E-state index < -0.39 is 11.7 Å². The number of amidine groups is 1. The number of alkyl halides is 3. The molecule has 0 radical (unpaired) electrons. The van der Waals surface area contributed by atoms with Crippen molar-refractivity contribution in [3.8, 4) is 11.5 Å². The monoisotopic (exact) mass is 479 g/mol. The van der Waals surface area contributed by atoms with Gasteiger partial charge in [-0.2, -0.15) is 13.2 Å². The second kappa shape index (κ2) is 9.09. The average molecular weight is 480 g/mol. The molecule has 2 heterocycles. The molecule has 5 nitrogen and oxygen atoms in total. The molecule has 1 atom stereocenters. The van der Waals surface area contributed by atoms with Gasteiger partial charge in [0.2, 0.25) is 5.91 Å². The molecule has 0 spiro atoms. The molecule has 0 saturated carbocycles. The number of piperazine rings is 1. The van der Waals surface area contributed by atoms with Gasteiger partial charge in [0, 0.05) is 25.7 Å². The Labute approximate surface area is 201 Å². The Kier molecular flexibility index (Phi) is 5.96. The summed E-state index contributed by atoms with van der Waals surface area (Å²) in [4.78, 5) is 21.7. The van der Waals surface area contributed by atoms with Crippen LogP contribution in [0, 0.1) is 0 Å². The molecule has 3 aromatic rings. The van der Waals surface area contributed by atoms with Gasteiger partial charge in [-0.05, 0) is 42.8 Å². The van der Waals surface area contributed by atoms with Gasteiger partial charge in [-0.1, -0.05) is 42.5 Å². The largest absolute Gasteiger partial charge is 0.454 e. The van der Waals surface area contributed by atoms with Gasteiger partial charge in [0.25, 0.3) is 0 Å². The van der Waals surface area contributed by atoms with Crippen molar-refractivity contribution in [2.75, 3.05) is 19.6 Å². The van der Waals surface area contributed by atoms with Gasteiger partial charge in [-0.15, -0.1) is 0 Å². The van der Waals surface area contributed by atoms with Crippen LogP contribution in [0.3, 0.4) is 0 Å². The summed E-state index contributed by atoms with van der Waals surface area (Å²) in [5.41, 5.74) is 1.22. The number of fused-ring (bicyclic) bond motifs is 2. The fraction of sp³-hybridized carbons (Fsp3) is 0.259. The van der Waals surface area contributed by atoms with Gasteiger partial charge in [-0.3, -0.25) is 4.79 Å². The molecule has 0 aliphatic carbocycles. The number of hydrogen-bond acceptors (Lipinski definition) is 4. The standard InChI is InChI=1S/C27H24F3N3O2/c1-18-17-32(13-14-33(18)25(34)15-19-7-3-2-4-8-19)26-21-9-5-6-10-23(21)35-24-16-20(27(28,29)30)11-12-22(24)31-26/h2-12,16,18H,13-15,17H2,1H3. The summed E-state index contributed by atoms with van der Waals surface area (Å²) < 4.78 is 45.7. The Bertz CT molecular complexity index is 1270. The molecule has 180 valence electrons. The molecule has 1 fully saturated rings. The molecule has 1 amide bonds. The Morgan fingerprint density at radius 3 is 2.49 bits per heavy atom. The van der Waals surface area contributed by atoms with Crippen LogP contribution in [0.15, 0.2) is 77.8 Å². The van der Waals surface area contributed by atoms with Crippen molar-refractivity contribution in [2.24, 2.45) is 4.99 Å². The number of aliphatic imine (C=N–C) groups is 1. The first-order chi connectivity index (χ1) is 16.8. The van der Waals surface area contributed by atoms with E-state index in [2.05, 4.69) is 4.90 Å². The van der Waals surface area contributed by atoms with Gasteiger partial charge in [0.1, 0.15) is 17.3 Å². The summed E-state index contributed by atoms with van der Waals surface area (Å²) in [5, 5.41) is 0. The molecular weight excluding hydrogens is 455 g/mol. The number of halogens is 3. The summed E-state index contributed by atoms with van der Waals surface area (Å²) in [5.74, 6) is 1.20. The van der Waals surface area contributed by atoms with E-state index in [4.69, 9.17) is 9.73 Å². The summed E-state index contributed by atoms with van der Waals surface area (Å²) >= 11 is 0.